The number of ether oxygens (including phenoxy) is 1. The van der Waals surface area contributed by atoms with Crippen molar-refractivity contribution in [2.45, 2.75) is 32.6 Å². The molecule has 1 N–H and O–H groups in total. The number of carbonyl (C=O) groups is 3. The molecular weight excluding hydrogens is 344 g/mol. The number of nitrogens with zero attached hydrogens (tertiary/aromatic N) is 1. The number of Topliss-reactive ketones (excluding diaryl/α,β-unsaturated/α-hetero) is 1. The summed E-state index contributed by atoms with van der Waals surface area (Å²) in [6, 6.07) is 8.68. The average molecular weight is 368 g/mol. The smallest absolute Gasteiger partial charge is 0.338 e. The molecule has 142 valence electrons. The number of hydrogen-bond acceptors (Lipinski definition) is 4. The summed E-state index contributed by atoms with van der Waals surface area (Å²) in [5, 5.41) is 0. The van der Waals surface area contributed by atoms with Gasteiger partial charge in [-0.1, -0.05) is 26.0 Å². The summed E-state index contributed by atoms with van der Waals surface area (Å²) < 4.78 is 5.12. The van der Waals surface area contributed by atoms with Crippen LogP contribution in [0.1, 0.15) is 69.4 Å². The second-order valence-corrected chi connectivity index (χ2v) is 7.08. The molecule has 2 heterocycles. The highest BCUT2D eigenvalue weighted by Gasteiger charge is 2.22. The number of benzene rings is 1. The van der Waals surface area contributed by atoms with Crippen molar-refractivity contribution in [3.8, 4) is 0 Å². The molecule has 1 aromatic heterocycles. The Kier molecular flexibility index (Phi) is 5.74. The van der Waals surface area contributed by atoms with Crippen molar-refractivity contribution in [2.75, 3.05) is 19.7 Å². The van der Waals surface area contributed by atoms with Crippen LogP contribution in [0.15, 0.2) is 36.5 Å². The molecule has 0 radical (unpaired) electrons. The first-order chi connectivity index (χ1) is 13.0. The number of hydrogen-bond donors (Lipinski definition) is 1. The Bertz CT molecular complexity index is 830. The minimum Gasteiger partial charge on any atom is -0.454 e. The molecule has 0 atom stereocenters. The maximum atomic E-state index is 12.3. The first kappa shape index (κ1) is 18.9. The van der Waals surface area contributed by atoms with E-state index in [1.54, 1.807) is 17.0 Å². The van der Waals surface area contributed by atoms with Gasteiger partial charge in [0, 0.05) is 24.8 Å². The SMILES string of the molecule is CC(C)c1ccc(C(=O)OCC(=O)c2c[nH]c(C(=O)N3CCCC3)c2)cc1. The molecule has 0 saturated carbocycles. The summed E-state index contributed by atoms with van der Waals surface area (Å²) in [5.74, 6) is -0.613. The van der Waals surface area contributed by atoms with Gasteiger partial charge in [-0.05, 0) is 42.5 Å². The molecule has 0 bridgehead atoms. The number of carbonyl (C=O) groups excluding carboxylic acids is 3. The highest BCUT2D eigenvalue weighted by molar-refractivity contribution is 6.02. The van der Waals surface area contributed by atoms with Crippen LogP contribution in [0, 0.1) is 0 Å². The zero-order chi connectivity index (χ0) is 19.4. The maximum absolute atomic E-state index is 12.3. The van der Waals surface area contributed by atoms with E-state index in [1.165, 1.54) is 12.3 Å². The summed E-state index contributed by atoms with van der Waals surface area (Å²) in [6.45, 7) is 5.28. The van der Waals surface area contributed by atoms with Gasteiger partial charge in [-0.15, -0.1) is 0 Å². The zero-order valence-corrected chi connectivity index (χ0v) is 15.7. The number of ketones is 1. The van der Waals surface area contributed by atoms with Gasteiger partial charge in [0.25, 0.3) is 5.91 Å². The standard InChI is InChI=1S/C21H24N2O4/c1-14(2)15-5-7-16(8-6-15)21(26)27-13-19(24)17-11-18(22-12-17)20(25)23-9-3-4-10-23/h5-8,11-12,14,22H,3-4,9-10,13H2,1-2H3. The van der Waals surface area contributed by atoms with Crippen molar-refractivity contribution in [3.63, 3.8) is 0 Å². The van der Waals surface area contributed by atoms with E-state index in [2.05, 4.69) is 18.8 Å². The first-order valence-corrected chi connectivity index (χ1v) is 9.23. The molecule has 6 heteroatoms. The minimum atomic E-state index is -0.539. The molecule has 1 aliphatic rings. The van der Waals surface area contributed by atoms with Gasteiger partial charge >= 0.3 is 5.97 Å². The van der Waals surface area contributed by atoms with E-state index in [1.807, 2.05) is 12.1 Å². The lowest BCUT2D eigenvalue weighted by atomic mass is 10.0. The highest BCUT2D eigenvalue weighted by Crippen LogP contribution is 2.16. The second-order valence-electron chi connectivity index (χ2n) is 7.08. The Balaban J connectivity index is 1.56. The third-order valence-electron chi connectivity index (χ3n) is 4.78. The van der Waals surface area contributed by atoms with Crippen molar-refractivity contribution in [1.29, 1.82) is 0 Å². The highest BCUT2D eigenvalue weighted by atomic mass is 16.5. The van der Waals surface area contributed by atoms with E-state index in [4.69, 9.17) is 4.74 Å². The number of aromatic nitrogens is 1. The van der Waals surface area contributed by atoms with Gasteiger partial charge in [-0.2, -0.15) is 0 Å². The maximum Gasteiger partial charge on any atom is 0.338 e. The van der Waals surface area contributed by atoms with Gasteiger partial charge in [0.05, 0.1) is 5.56 Å². The number of amides is 1. The van der Waals surface area contributed by atoms with E-state index in [-0.39, 0.29) is 18.3 Å². The van der Waals surface area contributed by atoms with E-state index >= 15 is 0 Å². The first-order valence-electron chi connectivity index (χ1n) is 9.23. The molecule has 1 saturated heterocycles. The number of rotatable bonds is 6. The van der Waals surface area contributed by atoms with Crippen LogP contribution in [-0.4, -0.2) is 47.2 Å². The van der Waals surface area contributed by atoms with Crippen LogP contribution in [0.5, 0.6) is 0 Å². The zero-order valence-electron chi connectivity index (χ0n) is 15.7. The molecule has 2 aromatic rings. The Morgan fingerprint density at radius 2 is 1.74 bits per heavy atom. The molecule has 1 amide bonds. The van der Waals surface area contributed by atoms with Crippen molar-refractivity contribution >= 4 is 17.7 Å². The van der Waals surface area contributed by atoms with E-state index in [9.17, 15) is 14.4 Å². The largest absolute Gasteiger partial charge is 0.454 e. The van der Waals surface area contributed by atoms with Gasteiger partial charge in [0.1, 0.15) is 5.69 Å². The van der Waals surface area contributed by atoms with Crippen LogP contribution >= 0.6 is 0 Å². The monoisotopic (exact) mass is 368 g/mol. The van der Waals surface area contributed by atoms with Gasteiger partial charge in [0.15, 0.2) is 6.61 Å². The second kappa shape index (κ2) is 8.20. The topological polar surface area (TPSA) is 79.5 Å². The lowest BCUT2D eigenvalue weighted by molar-refractivity contribution is 0.0474. The summed E-state index contributed by atoms with van der Waals surface area (Å²) in [5.41, 5.74) is 2.26. The summed E-state index contributed by atoms with van der Waals surface area (Å²) in [7, 11) is 0. The minimum absolute atomic E-state index is 0.103. The molecule has 27 heavy (non-hydrogen) atoms. The van der Waals surface area contributed by atoms with Crippen molar-refractivity contribution < 1.29 is 19.1 Å². The van der Waals surface area contributed by atoms with Gasteiger partial charge in [-0.3, -0.25) is 9.59 Å². The Morgan fingerprint density at radius 3 is 2.37 bits per heavy atom. The van der Waals surface area contributed by atoms with Gasteiger partial charge < -0.3 is 14.6 Å². The molecule has 3 rings (SSSR count). The lowest BCUT2D eigenvalue weighted by Crippen LogP contribution is -2.27. The number of esters is 1. The summed E-state index contributed by atoms with van der Waals surface area (Å²) >= 11 is 0. The molecule has 1 aliphatic heterocycles. The molecule has 0 spiro atoms. The molecular formula is C21H24N2O4. The van der Waals surface area contributed by atoms with Crippen LogP contribution in [0.2, 0.25) is 0 Å². The number of nitrogens with one attached hydrogen (secondary N) is 1. The van der Waals surface area contributed by atoms with Gasteiger partial charge in [-0.25, -0.2) is 4.79 Å². The van der Waals surface area contributed by atoms with Crippen LogP contribution < -0.4 is 0 Å². The van der Waals surface area contributed by atoms with Crippen LogP contribution in [0.3, 0.4) is 0 Å². The van der Waals surface area contributed by atoms with E-state index in [0.29, 0.717) is 22.7 Å². The van der Waals surface area contributed by atoms with Crippen LogP contribution in [0.25, 0.3) is 0 Å². The van der Waals surface area contributed by atoms with Crippen LogP contribution in [0.4, 0.5) is 0 Å². The fraction of sp³-hybridized carbons (Fsp3) is 0.381. The van der Waals surface area contributed by atoms with Crippen molar-refractivity contribution in [1.82, 2.24) is 9.88 Å². The Morgan fingerprint density at radius 1 is 1.07 bits per heavy atom. The predicted octanol–water partition coefficient (Wildman–Crippen LogP) is 3.41. The van der Waals surface area contributed by atoms with Gasteiger partial charge in [0.2, 0.25) is 5.78 Å². The van der Waals surface area contributed by atoms with Crippen molar-refractivity contribution in [2.24, 2.45) is 0 Å². The molecule has 0 unspecified atom stereocenters. The molecule has 1 aromatic carbocycles. The number of H-pyrrole nitrogens is 1. The Labute approximate surface area is 158 Å². The quantitative estimate of drug-likeness (QED) is 0.626. The number of likely N-dealkylation sites (tertiary alicyclic amines) is 1. The molecule has 0 aliphatic carbocycles. The summed E-state index contributed by atoms with van der Waals surface area (Å²) in [6.07, 6.45) is 3.50. The summed E-state index contributed by atoms with van der Waals surface area (Å²) in [4.78, 5) is 41.3. The molecule has 6 nitrogen and oxygen atoms in total. The van der Waals surface area contributed by atoms with Crippen LogP contribution in [-0.2, 0) is 4.74 Å². The third-order valence-corrected chi connectivity index (χ3v) is 4.78. The van der Waals surface area contributed by atoms with E-state index in [0.717, 1.165) is 31.5 Å². The fourth-order valence-corrected chi connectivity index (χ4v) is 3.07. The lowest BCUT2D eigenvalue weighted by Gasteiger charge is -2.13. The van der Waals surface area contributed by atoms with Crippen molar-refractivity contribution in [3.05, 3.63) is 58.9 Å². The predicted molar refractivity (Wildman–Crippen MR) is 101 cm³/mol. The number of aromatic amines is 1. The average Bonchev–Trinajstić information content (AvgIpc) is 3.37. The fourth-order valence-electron chi connectivity index (χ4n) is 3.07. The van der Waals surface area contributed by atoms with E-state index < -0.39 is 5.97 Å². The normalized spacial score (nSPS) is 13.8. The third kappa shape index (κ3) is 4.45. The Hall–Kier alpha value is -2.89. The molecule has 1 fully saturated rings.